The van der Waals surface area contributed by atoms with E-state index in [0.29, 0.717) is 0 Å². The number of anilines is 1. The molecule has 0 radical (unpaired) electrons. The van der Waals surface area contributed by atoms with Crippen LogP contribution in [-0.2, 0) is 18.2 Å². The molecule has 4 aliphatic carbocycles. The zero-order valence-corrected chi connectivity index (χ0v) is 12.3. The molecular weight excluding hydrogens is 250 g/mol. The fourth-order valence-electron chi connectivity index (χ4n) is 5.25. The third-order valence-corrected chi connectivity index (χ3v) is 5.72. The van der Waals surface area contributed by atoms with Crippen LogP contribution in [0.5, 0.6) is 0 Å². The largest absolute Gasteiger partial charge is 0.384 e. The van der Waals surface area contributed by atoms with Crippen LogP contribution in [0.4, 0.5) is 5.82 Å². The summed E-state index contributed by atoms with van der Waals surface area (Å²) in [5.74, 6) is 3.58. The Kier molecular flexibility index (Phi) is 2.85. The van der Waals surface area contributed by atoms with E-state index < -0.39 is 0 Å². The molecule has 0 unspecified atom stereocenters. The molecule has 4 bridgehead atoms. The molecule has 0 spiro atoms. The van der Waals surface area contributed by atoms with Crippen molar-refractivity contribution in [2.75, 3.05) is 12.3 Å². The Morgan fingerprint density at radius 3 is 2.35 bits per heavy atom. The van der Waals surface area contributed by atoms with E-state index in [2.05, 4.69) is 5.10 Å². The molecule has 4 saturated carbocycles. The molecule has 2 N–H and O–H groups in total. The van der Waals surface area contributed by atoms with Crippen molar-refractivity contribution in [1.29, 1.82) is 0 Å². The van der Waals surface area contributed by atoms with Gasteiger partial charge in [0.15, 0.2) is 0 Å². The van der Waals surface area contributed by atoms with Crippen LogP contribution in [-0.4, -0.2) is 22.0 Å². The van der Waals surface area contributed by atoms with Gasteiger partial charge >= 0.3 is 0 Å². The molecule has 110 valence electrons. The Morgan fingerprint density at radius 1 is 1.25 bits per heavy atom. The summed E-state index contributed by atoms with van der Waals surface area (Å²) in [7, 11) is 1.89. The zero-order chi connectivity index (χ0) is 13.7. The first-order chi connectivity index (χ1) is 9.62. The highest BCUT2D eigenvalue weighted by Gasteiger charge is 2.51. The van der Waals surface area contributed by atoms with E-state index in [1.54, 1.807) is 4.68 Å². The Bertz CT molecular complexity index is 453. The predicted octanol–water partition coefficient (Wildman–Crippen LogP) is 2.53. The van der Waals surface area contributed by atoms with Crippen molar-refractivity contribution in [3.63, 3.8) is 0 Å². The van der Waals surface area contributed by atoms with Crippen molar-refractivity contribution in [2.24, 2.45) is 24.8 Å². The van der Waals surface area contributed by atoms with Gasteiger partial charge in [-0.05, 0) is 56.3 Å². The van der Waals surface area contributed by atoms with E-state index in [-0.39, 0.29) is 5.60 Å². The van der Waals surface area contributed by atoms with E-state index in [9.17, 15) is 0 Å². The van der Waals surface area contributed by atoms with Gasteiger partial charge in [0.2, 0.25) is 0 Å². The third kappa shape index (κ3) is 2.14. The Morgan fingerprint density at radius 2 is 1.85 bits per heavy atom. The second kappa shape index (κ2) is 4.48. The second-order valence-corrected chi connectivity index (χ2v) is 7.38. The fraction of sp³-hybridized carbons (Fsp3) is 0.812. The number of nitrogens with zero attached hydrogens (tertiary/aromatic N) is 2. The monoisotopic (exact) mass is 275 g/mol. The maximum absolute atomic E-state index is 6.41. The van der Waals surface area contributed by atoms with Gasteiger partial charge in [0, 0.05) is 19.5 Å². The van der Waals surface area contributed by atoms with E-state index in [1.807, 2.05) is 13.1 Å². The molecule has 1 aromatic heterocycles. The normalized spacial score (nSPS) is 38.5. The molecule has 4 nitrogen and oxygen atoms in total. The molecule has 0 saturated heterocycles. The highest BCUT2D eigenvalue weighted by Crippen LogP contribution is 2.57. The van der Waals surface area contributed by atoms with Crippen LogP contribution in [0, 0.1) is 17.8 Å². The Labute approximate surface area is 120 Å². The molecule has 4 fully saturated rings. The number of hydrogen-bond donors (Lipinski definition) is 1. The summed E-state index contributed by atoms with van der Waals surface area (Å²) in [6, 6.07) is 1.96. The van der Waals surface area contributed by atoms with E-state index in [1.165, 1.54) is 38.5 Å². The first kappa shape index (κ1) is 12.7. The minimum atomic E-state index is 0.217. The molecule has 1 heterocycles. The average Bonchev–Trinajstić information content (AvgIpc) is 2.66. The Balaban J connectivity index is 1.37. The van der Waals surface area contributed by atoms with Gasteiger partial charge in [0.05, 0.1) is 17.9 Å². The molecule has 5 rings (SSSR count). The summed E-state index contributed by atoms with van der Waals surface area (Å²) in [6.07, 6.45) is 9.22. The fourth-order valence-corrected chi connectivity index (χ4v) is 5.25. The molecule has 20 heavy (non-hydrogen) atoms. The van der Waals surface area contributed by atoms with E-state index >= 15 is 0 Å². The van der Waals surface area contributed by atoms with Crippen molar-refractivity contribution in [3.8, 4) is 0 Å². The first-order valence-electron chi connectivity index (χ1n) is 8.04. The van der Waals surface area contributed by atoms with Crippen molar-refractivity contribution in [2.45, 2.75) is 50.5 Å². The molecule has 0 aromatic carbocycles. The third-order valence-electron chi connectivity index (χ3n) is 5.72. The van der Waals surface area contributed by atoms with Crippen molar-refractivity contribution < 1.29 is 4.74 Å². The number of aryl methyl sites for hydroxylation is 1. The lowest BCUT2D eigenvalue weighted by atomic mass is 9.54. The van der Waals surface area contributed by atoms with Gasteiger partial charge in [0.1, 0.15) is 5.82 Å². The van der Waals surface area contributed by atoms with Gasteiger partial charge in [-0.15, -0.1) is 0 Å². The van der Waals surface area contributed by atoms with Crippen LogP contribution in [0.15, 0.2) is 6.07 Å². The average molecular weight is 275 g/mol. The van der Waals surface area contributed by atoms with Gasteiger partial charge in [-0.25, -0.2) is 0 Å². The number of ether oxygens (including phenoxy) is 1. The number of nitrogen functional groups attached to an aromatic ring is 1. The lowest BCUT2D eigenvalue weighted by Crippen LogP contribution is -2.52. The van der Waals surface area contributed by atoms with Gasteiger partial charge in [-0.3, -0.25) is 4.68 Å². The van der Waals surface area contributed by atoms with Crippen LogP contribution in [0.3, 0.4) is 0 Å². The summed E-state index contributed by atoms with van der Waals surface area (Å²) in [5, 5.41) is 4.41. The van der Waals surface area contributed by atoms with Gasteiger partial charge in [-0.1, -0.05) is 0 Å². The van der Waals surface area contributed by atoms with Crippen molar-refractivity contribution in [1.82, 2.24) is 9.78 Å². The number of nitrogens with two attached hydrogens (primary N) is 1. The van der Waals surface area contributed by atoms with Crippen LogP contribution in [0.1, 0.15) is 44.2 Å². The first-order valence-corrected chi connectivity index (χ1v) is 8.04. The van der Waals surface area contributed by atoms with Crippen LogP contribution < -0.4 is 5.73 Å². The quantitative estimate of drug-likeness (QED) is 0.918. The summed E-state index contributed by atoms with van der Waals surface area (Å²) in [6.45, 7) is 0.794. The minimum Gasteiger partial charge on any atom is -0.384 e. The lowest BCUT2D eigenvalue weighted by molar-refractivity contribution is -0.161. The Hall–Kier alpha value is -1.03. The highest BCUT2D eigenvalue weighted by atomic mass is 16.5. The summed E-state index contributed by atoms with van der Waals surface area (Å²) < 4.78 is 8.14. The van der Waals surface area contributed by atoms with E-state index in [4.69, 9.17) is 10.5 Å². The van der Waals surface area contributed by atoms with E-state index in [0.717, 1.165) is 42.3 Å². The highest BCUT2D eigenvalue weighted by molar-refractivity contribution is 5.30. The minimum absolute atomic E-state index is 0.217. The maximum atomic E-state index is 6.41. The molecule has 1 aromatic rings. The van der Waals surface area contributed by atoms with Crippen LogP contribution >= 0.6 is 0 Å². The van der Waals surface area contributed by atoms with Crippen LogP contribution in [0.25, 0.3) is 0 Å². The maximum Gasteiger partial charge on any atom is 0.121 e. The lowest BCUT2D eigenvalue weighted by Gasteiger charge is -2.56. The van der Waals surface area contributed by atoms with Gasteiger partial charge in [0.25, 0.3) is 0 Å². The molecule has 4 heteroatoms. The molecule has 4 aliphatic rings. The van der Waals surface area contributed by atoms with Gasteiger partial charge in [-0.2, -0.15) is 5.10 Å². The second-order valence-electron chi connectivity index (χ2n) is 7.38. The predicted molar refractivity (Wildman–Crippen MR) is 78.2 cm³/mol. The van der Waals surface area contributed by atoms with Crippen molar-refractivity contribution >= 4 is 5.82 Å². The smallest absolute Gasteiger partial charge is 0.121 e. The summed E-state index contributed by atoms with van der Waals surface area (Å²) in [4.78, 5) is 0. The summed E-state index contributed by atoms with van der Waals surface area (Å²) >= 11 is 0. The van der Waals surface area contributed by atoms with Crippen LogP contribution in [0.2, 0.25) is 0 Å². The van der Waals surface area contributed by atoms with Gasteiger partial charge < -0.3 is 10.5 Å². The number of hydrogen-bond acceptors (Lipinski definition) is 3. The topological polar surface area (TPSA) is 53.1 Å². The molecule has 0 amide bonds. The summed E-state index contributed by atoms with van der Waals surface area (Å²) in [5.41, 5.74) is 7.09. The number of aromatic nitrogens is 2. The molecule has 0 atom stereocenters. The van der Waals surface area contributed by atoms with Crippen molar-refractivity contribution in [3.05, 3.63) is 11.8 Å². The molecular formula is C16H25N3O. The number of rotatable bonds is 4. The molecule has 0 aliphatic heterocycles. The standard InChI is InChI=1S/C16H25N3O/c1-19-15(17)7-14(18-19)2-3-20-16-8-11-4-12(9-16)6-13(5-11)10-16/h7,11-13H,2-6,8-10,17H2,1H3. The SMILES string of the molecule is Cn1nc(CCOC23CC4CC(CC(C4)C2)C3)cc1N. The zero-order valence-electron chi connectivity index (χ0n) is 12.3.